The maximum absolute atomic E-state index is 11.9. The zero-order chi connectivity index (χ0) is 14.7. The fourth-order valence-electron chi connectivity index (χ4n) is 1.82. The van der Waals surface area contributed by atoms with Crippen molar-refractivity contribution in [1.29, 1.82) is 0 Å². The van der Waals surface area contributed by atoms with E-state index in [4.69, 9.17) is 4.74 Å². The van der Waals surface area contributed by atoms with Crippen LogP contribution in [-0.2, 0) is 11.3 Å². The van der Waals surface area contributed by atoms with E-state index in [-0.39, 0.29) is 23.7 Å². The molecular weight excluding hydrogens is 272 g/mol. The number of esters is 1. The van der Waals surface area contributed by atoms with Crippen molar-refractivity contribution in [3.63, 3.8) is 0 Å². The average Bonchev–Trinajstić information content (AvgIpc) is 2.53. The molecule has 3 rings (SSSR count). The molecule has 104 valence electrons. The molecule has 0 saturated heterocycles. The van der Waals surface area contributed by atoms with E-state index in [0.29, 0.717) is 10.9 Å². The third-order valence-electron chi connectivity index (χ3n) is 2.77. The van der Waals surface area contributed by atoms with Crippen molar-refractivity contribution in [1.82, 2.24) is 19.9 Å². The Kier molecular flexibility index (Phi) is 3.38. The van der Waals surface area contributed by atoms with Gasteiger partial charge >= 0.3 is 5.97 Å². The summed E-state index contributed by atoms with van der Waals surface area (Å²) in [6, 6.07) is 6.94. The van der Waals surface area contributed by atoms with E-state index >= 15 is 0 Å². The summed E-state index contributed by atoms with van der Waals surface area (Å²) in [4.78, 5) is 38.0. The number of ether oxygens (including phenoxy) is 1. The van der Waals surface area contributed by atoms with Crippen LogP contribution < -0.4 is 5.56 Å². The summed E-state index contributed by atoms with van der Waals surface area (Å²) in [7, 11) is 0. The van der Waals surface area contributed by atoms with E-state index in [1.807, 2.05) is 0 Å². The molecule has 0 amide bonds. The Balaban J connectivity index is 1.80. The van der Waals surface area contributed by atoms with Gasteiger partial charge in [-0.2, -0.15) is 0 Å². The Morgan fingerprint density at radius 2 is 2.10 bits per heavy atom. The molecule has 7 nitrogen and oxygen atoms in total. The number of rotatable bonds is 3. The number of nitrogens with one attached hydrogen (secondary N) is 1. The molecule has 0 radical (unpaired) electrons. The number of carbonyl (C=O) groups excluding carboxylic acids is 1. The van der Waals surface area contributed by atoms with E-state index in [1.54, 1.807) is 24.3 Å². The number of hydrogen-bond donors (Lipinski definition) is 1. The number of benzene rings is 1. The van der Waals surface area contributed by atoms with Gasteiger partial charge in [0.15, 0.2) is 5.69 Å². The second kappa shape index (κ2) is 5.49. The second-order valence-corrected chi connectivity index (χ2v) is 4.20. The van der Waals surface area contributed by atoms with Gasteiger partial charge in [0.25, 0.3) is 5.56 Å². The maximum Gasteiger partial charge on any atom is 0.358 e. The lowest BCUT2D eigenvalue weighted by Gasteiger charge is -2.04. The SMILES string of the molecule is O=C(OCc1nc2ccccc2c(=O)[nH]1)c1cnccn1. The van der Waals surface area contributed by atoms with Crippen LogP contribution in [0.25, 0.3) is 10.9 Å². The molecule has 0 aliphatic heterocycles. The molecule has 0 atom stereocenters. The van der Waals surface area contributed by atoms with Gasteiger partial charge in [-0.05, 0) is 12.1 Å². The molecule has 1 aromatic carbocycles. The molecule has 0 bridgehead atoms. The number of aromatic nitrogens is 4. The minimum absolute atomic E-state index is 0.0978. The van der Waals surface area contributed by atoms with Crippen LogP contribution in [0, 0.1) is 0 Å². The van der Waals surface area contributed by atoms with Crippen LogP contribution in [0.15, 0.2) is 47.7 Å². The number of para-hydroxylation sites is 1. The topological polar surface area (TPSA) is 97.8 Å². The highest BCUT2D eigenvalue weighted by atomic mass is 16.5. The molecule has 0 spiro atoms. The van der Waals surface area contributed by atoms with E-state index in [1.165, 1.54) is 18.6 Å². The standard InChI is InChI=1S/C14H10N4O3/c19-13-9-3-1-2-4-10(9)17-12(18-13)8-21-14(20)11-7-15-5-6-16-11/h1-7H,8H2,(H,17,18,19). The first kappa shape index (κ1) is 12.9. The molecule has 0 aliphatic rings. The van der Waals surface area contributed by atoms with Gasteiger partial charge in [-0.15, -0.1) is 0 Å². The summed E-state index contributed by atoms with van der Waals surface area (Å²) >= 11 is 0. The van der Waals surface area contributed by atoms with Crippen LogP contribution in [0.4, 0.5) is 0 Å². The van der Waals surface area contributed by atoms with Crippen molar-refractivity contribution in [3.05, 3.63) is 64.7 Å². The summed E-state index contributed by atoms with van der Waals surface area (Å²) in [6.45, 7) is -0.143. The number of aromatic amines is 1. The summed E-state index contributed by atoms with van der Waals surface area (Å²) in [6.07, 6.45) is 4.16. The lowest BCUT2D eigenvalue weighted by atomic mass is 10.2. The van der Waals surface area contributed by atoms with Crippen LogP contribution in [0.3, 0.4) is 0 Å². The van der Waals surface area contributed by atoms with Crippen molar-refractivity contribution < 1.29 is 9.53 Å². The van der Waals surface area contributed by atoms with Gasteiger partial charge in [-0.25, -0.2) is 14.8 Å². The number of nitrogens with zero attached hydrogens (tertiary/aromatic N) is 3. The van der Waals surface area contributed by atoms with Crippen LogP contribution in [0.1, 0.15) is 16.3 Å². The van der Waals surface area contributed by atoms with E-state index in [9.17, 15) is 9.59 Å². The molecular formula is C14H10N4O3. The predicted molar refractivity (Wildman–Crippen MR) is 73.5 cm³/mol. The summed E-state index contributed by atoms with van der Waals surface area (Å²) < 4.78 is 5.04. The third-order valence-corrected chi connectivity index (χ3v) is 2.77. The normalized spacial score (nSPS) is 10.5. The fourth-order valence-corrected chi connectivity index (χ4v) is 1.82. The van der Waals surface area contributed by atoms with Gasteiger partial charge in [0.1, 0.15) is 12.4 Å². The molecule has 0 unspecified atom stereocenters. The van der Waals surface area contributed by atoms with Gasteiger partial charge in [0.2, 0.25) is 0 Å². The van der Waals surface area contributed by atoms with Crippen LogP contribution in [0.5, 0.6) is 0 Å². The molecule has 0 saturated carbocycles. The van der Waals surface area contributed by atoms with E-state index in [0.717, 1.165) is 0 Å². The minimum Gasteiger partial charge on any atom is -0.453 e. The number of H-pyrrole nitrogens is 1. The monoisotopic (exact) mass is 282 g/mol. The quantitative estimate of drug-likeness (QED) is 0.721. The molecule has 2 heterocycles. The van der Waals surface area contributed by atoms with Crippen LogP contribution in [-0.4, -0.2) is 25.9 Å². The largest absolute Gasteiger partial charge is 0.453 e. The zero-order valence-electron chi connectivity index (χ0n) is 10.8. The highest BCUT2D eigenvalue weighted by molar-refractivity contribution is 5.86. The number of hydrogen-bond acceptors (Lipinski definition) is 6. The van der Waals surface area contributed by atoms with Gasteiger partial charge in [0, 0.05) is 12.4 Å². The summed E-state index contributed by atoms with van der Waals surface area (Å²) in [5.74, 6) is -0.352. The molecule has 3 aromatic rings. The second-order valence-electron chi connectivity index (χ2n) is 4.20. The highest BCUT2D eigenvalue weighted by Gasteiger charge is 2.10. The third kappa shape index (κ3) is 2.76. The molecule has 7 heteroatoms. The molecule has 0 fully saturated rings. The van der Waals surface area contributed by atoms with Gasteiger partial charge in [-0.3, -0.25) is 9.78 Å². The Morgan fingerprint density at radius 1 is 1.24 bits per heavy atom. The molecule has 1 N–H and O–H groups in total. The fraction of sp³-hybridized carbons (Fsp3) is 0.0714. The first-order valence-electron chi connectivity index (χ1n) is 6.15. The van der Waals surface area contributed by atoms with Gasteiger partial charge in [-0.1, -0.05) is 12.1 Å². The minimum atomic E-state index is -0.626. The van der Waals surface area contributed by atoms with Crippen molar-refractivity contribution in [2.75, 3.05) is 0 Å². The number of fused-ring (bicyclic) bond motifs is 1. The van der Waals surface area contributed by atoms with Crippen LogP contribution >= 0.6 is 0 Å². The molecule has 21 heavy (non-hydrogen) atoms. The molecule has 2 aromatic heterocycles. The lowest BCUT2D eigenvalue weighted by Crippen LogP contribution is -2.15. The van der Waals surface area contributed by atoms with Crippen molar-refractivity contribution in [2.24, 2.45) is 0 Å². The maximum atomic E-state index is 11.9. The molecule has 0 aliphatic carbocycles. The van der Waals surface area contributed by atoms with Crippen molar-refractivity contribution in [3.8, 4) is 0 Å². The number of carbonyl (C=O) groups is 1. The highest BCUT2D eigenvalue weighted by Crippen LogP contribution is 2.06. The Bertz CT molecular complexity index is 845. The van der Waals surface area contributed by atoms with Crippen molar-refractivity contribution >= 4 is 16.9 Å². The lowest BCUT2D eigenvalue weighted by molar-refractivity contribution is 0.0455. The smallest absolute Gasteiger partial charge is 0.358 e. The predicted octanol–water partition coefficient (Wildman–Crippen LogP) is 1.07. The van der Waals surface area contributed by atoms with Gasteiger partial charge in [0.05, 0.1) is 17.1 Å². The van der Waals surface area contributed by atoms with Crippen molar-refractivity contribution in [2.45, 2.75) is 6.61 Å². The summed E-state index contributed by atoms with van der Waals surface area (Å²) in [5, 5.41) is 0.488. The Morgan fingerprint density at radius 3 is 2.90 bits per heavy atom. The first-order chi connectivity index (χ1) is 10.2. The van der Waals surface area contributed by atoms with E-state index in [2.05, 4.69) is 19.9 Å². The first-order valence-corrected chi connectivity index (χ1v) is 6.15. The summed E-state index contributed by atoms with van der Waals surface area (Å²) in [5.41, 5.74) is 0.374. The van der Waals surface area contributed by atoms with E-state index < -0.39 is 5.97 Å². The Hall–Kier alpha value is -3.09. The van der Waals surface area contributed by atoms with Crippen LogP contribution in [0.2, 0.25) is 0 Å². The Labute approximate surface area is 118 Å². The zero-order valence-corrected chi connectivity index (χ0v) is 10.8. The average molecular weight is 282 g/mol. The van der Waals surface area contributed by atoms with Gasteiger partial charge < -0.3 is 9.72 Å².